The molecule has 0 radical (unpaired) electrons. The van der Waals surface area contributed by atoms with Crippen LogP contribution in [0, 0.1) is 20.8 Å². The Hall–Kier alpha value is -2.88. The average Bonchev–Trinajstić information content (AvgIpc) is 2.93. The normalized spacial score (nSPS) is 10.7. The molecule has 3 rings (SSSR count). The van der Waals surface area contributed by atoms with Gasteiger partial charge in [-0.05, 0) is 39.3 Å². The lowest BCUT2D eigenvalue weighted by molar-refractivity contribution is 0.0518. The summed E-state index contributed by atoms with van der Waals surface area (Å²) in [6.45, 7) is 8.16. The van der Waals surface area contributed by atoms with Crippen LogP contribution < -0.4 is 0 Å². The fourth-order valence-corrected chi connectivity index (χ4v) is 3.04. The van der Waals surface area contributed by atoms with Gasteiger partial charge in [-0.1, -0.05) is 48.0 Å². The Bertz CT molecular complexity index is 911. The highest BCUT2D eigenvalue weighted by molar-refractivity contribution is 5.91. The molecule has 3 aromatic rings. The first-order valence-electron chi connectivity index (χ1n) is 8.42. The molecule has 0 aliphatic heterocycles. The molecule has 1 aromatic heterocycles. The Morgan fingerprint density at radius 3 is 2.44 bits per heavy atom. The standard InChI is InChI=1S/C21H22N2O2/c1-5-25-21(24)19-16(4)20(17-9-7-6-8-10-17)23(22-19)18-12-11-14(2)13-15(18)3/h6-13H,5H2,1-4H3. The number of ether oxygens (including phenoxy) is 1. The van der Waals surface area contributed by atoms with E-state index in [4.69, 9.17) is 4.74 Å². The number of esters is 1. The zero-order chi connectivity index (χ0) is 18.0. The van der Waals surface area contributed by atoms with Gasteiger partial charge in [-0.2, -0.15) is 5.10 Å². The Morgan fingerprint density at radius 2 is 1.80 bits per heavy atom. The van der Waals surface area contributed by atoms with Crippen LogP contribution in [0.3, 0.4) is 0 Å². The highest BCUT2D eigenvalue weighted by atomic mass is 16.5. The number of nitrogens with zero attached hydrogens (tertiary/aromatic N) is 2. The molecular formula is C21H22N2O2. The van der Waals surface area contributed by atoms with Gasteiger partial charge in [-0.3, -0.25) is 0 Å². The van der Waals surface area contributed by atoms with Crippen molar-refractivity contribution in [1.29, 1.82) is 0 Å². The van der Waals surface area contributed by atoms with Crippen LogP contribution in [0.25, 0.3) is 16.9 Å². The SMILES string of the molecule is CCOC(=O)c1nn(-c2ccc(C)cc2C)c(-c2ccccc2)c1C. The number of benzene rings is 2. The first-order chi connectivity index (χ1) is 12.0. The zero-order valence-corrected chi connectivity index (χ0v) is 15.0. The van der Waals surface area contributed by atoms with Crippen LogP contribution >= 0.6 is 0 Å². The number of rotatable bonds is 4. The molecule has 0 bridgehead atoms. The second-order valence-corrected chi connectivity index (χ2v) is 6.11. The van der Waals surface area contributed by atoms with Crippen molar-refractivity contribution in [3.8, 4) is 16.9 Å². The minimum Gasteiger partial charge on any atom is -0.461 e. The van der Waals surface area contributed by atoms with Crippen molar-refractivity contribution in [2.24, 2.45) is 0 Å². The van der Waals surface area contributed by atoms with E-state index < -0.39 is 0 Å². The summed E-state index contributed by atoms with van der Waals surface area (Å²) >= 11 is 0. The van der Waals surface area contributed by atoms with Crippen molar-refractivity contribution < 1.29 is 9.53 Å². The van der Waals surface area contributed by atoms with E-state index in [9.17, 15) is 4.79 Å². The Kier molecular flexibility index (Phi) is 4.70. The number of hydrogen-bond acceptors (Lipinski definition) is 3. The molecule has 128 valence electrons. The first-order valence-corrected chi connectivity index (χ1v) is 8.42. The van der Waals surface area contributed by atoms with Crippen molar-refractivity contribution >= 4 is 5.97 Å². The second kappa shape index (κ2) is 6.93. The molecule has 0 aliphatic rings. The molecule has 0 saturated heterocycles. The molecular weight excluding hydrogens is 312 g/mol. The van der Waals surface area contributed by atoms with Gasteiger partial charge in [0.2, 0.25) is 0 Å². The van der Waals surface area contributed by atoms with E-state index in [1.165, 1.54) is 5.56 Å². The molecule has 0 fully saturated rings. The van der Waals surface area contributed by atoms with Crippen LogP contribution in [0.5, 0.6) is 0 Å². The summed E-state index contributed by atoms with van der Waals surface area (Å²) in [5, 5.41) is 4.61. The van der Waals surface area contributed by atoms with Crippen LogP contribution in [0.1, 0.15) is 34.1 Å². The van der Waals surface area contributed by atoms with E-state index in [0.717, 1.165) is 28.1 Å². The molecule has 1 heterocycles. The smallest absolute Gasteiger partial charge is 0.359 e. The zero-order valence-electron chi connectivity index (χ0n) is 15.0. The van der Waals surface area contributed by atoms with Gasteiger partial charge in [-0.15, -0.1) is 0 Å². The highest BCUT2D eigenvalue weighted by Crippen LogP contribution is 2.30. The second-order valence-electron chi connectivity index (χ2n) is 6.11. The molecule has 0 spiro atoms. The van der Waals surface area contributed by atoms with Crippen LogP contribution in [-0.2, 0) is 4.74 Å². The van der Waals surface area contributed by atoms with Gasteiger partial charge < -0.3 is 4.74 Å². The number of carbonyl (C=O) groups excluding carboxylic acids is 1. The first kappa shape index (κ1) is 17.0. The van der Waals surface area contributed by atoms with Crippen LogP contribution in [0.2, 0.25) is 0 Å². The maximum absolute atomic E-state index is 12.3. The van der Waals surface area contributed by atoms with E-state index in [1.807, 2.05) is 48.0 Å². The average molecular weight is 334 g/mol. The molecule has 4 nitrogen and oxygen atoms in total. The van der Waals surface area contributed by atoms with Crippen molar-refractivity contribution in [2.75, 3.05) is 6.61 Å². The Morgan fingerprint density at radius 1 is 1.08 bits per heavy atom. The number of hydrogen-bond donors (Lipinski definition) is 0. The van der Waals surface area contributed by atoms with Gasteiger partial charge >= 0.3 is 5.97 Å². The van der Waals surface area contributed by atoms with Gasteiger partial charge in [0.15, 0.2) is 5.69 Å². The van der Waals surface area contributed by atoms with Crippen LogP contribution in [0.15, 0.2) is 48.5 Å². The molecule has 0 amide bonds. The maximum Gasteiger partial charge on any atom is 0.359 e. The molecule has 0 aliphatic carbocycles. The quantitative estimate of drug-likeness (QED) is 0.653. The Labute approximate surface area is 148 Å². The Balaban J connectivity index is 2.26. The third-order valence-electron chi connectivity index (χ3n) is 4.22. The summed E-state index contributed by atoms with van der Waals surface area (Å²) in [6.07, 6.45) is 0. The van der Waals surface area contributed by atoms with Crippen LogP contribution in [0.4, 0.5) is 0 Å². The lowest BCUT2D eigenvalue weighted by Crippen LogP contribution is -2.08. The lowest BCUT2D eigenvalue weighted by atomic mass is 10.1. The topological polar surface area (TPSA) is 44.1 Å². The van der Waals surface area contributed by atoms with Gasteiger partial charge in [0.1, 0.15) is 0 Å². The number of aromatic nitrogens is 2. The minimum atomic E-state index is -0.388. The predicted octanol–water partition coefficient (Wildman–Crippen LogP) is 4.64. The number of carbonyl (C=O) groups is 1. The molecule has 2 aromatic carbocycles. The fourth-order valence-electron chi connectivity index (χ4n) is 3.04. The largest absolute Gasteiger partial charge is 0.461 e. The van der Waals surface area contributed by atoms with Crippen molar-refractivity contribution in [2.45, 2.75) is 27.7 Å². The summed E-state index contributed by atoms with van der Waals surface area (Å²) in [7, 11) is 0. The van der Waals surface area contributed by atoms with E-state index in [1.54, 1.807) is 6.92 Å². The summed E-state index contributed by atoms with van der Waals surface area (Å²) in [5.74, 6) is -0.388. The van der Waals surface area contributed by atoms with E-state index in [0.29, 0.717) is 12.3 Å². The summed E-state index contributed by atoms with van der Waals surface area (Å²) in [5.41, 5.74) is 6.37. The van der Waals surface area contributed by atoms with Gasteiger partial charge in [0.25, 0.3) is 0 Å². The molecule has 25 heavy (non-hydrogen) atoms. The maximum atomic E-state index is 12.3. The van der Waals surface area contributed by atoms with E-state index in [2.05, 4.69) is 31.1 Å². The molecule has 0 N–H and O–H groups in total. The van der Waals surface area contributed by atoms with Gasteiger partial charge in [0.05, 0.1) is 18.0 Å². The third-order valence-corrected chi connectivity index (χ3v) is 4.22. The molecule has 4 heteroatoms. The molecule has 0 unspecified atom stereocenters. The molecule has 0 atom stereocenters. The highest BCUT2D eigenvalue weighted by Gasteiger charge is 2.23. The van der Waals surface area contributed by atoms with Crippen molar-refractivity contribution in [3.05, 3.63) is 70.9 Å². The lowest BCUT2D eigenvalue weighted by Gasteiger charge is -2.12. The third kappa shape index (κ3) is 3.20. The van der Waals surface area contributed by atoms with Gasteiger partial charge in [0, 0.05) is 11.1 Å². The van der Waals surface area contributed by atoms with Crippen LogP contribution in [-0.4, -0.2) is 22.4 Å². The predicted molar refractivity (Wildman–Crippen MR) is 99.2 cm³/mol. The summed E-state index contributed by atoms with van der Waals surface area (Å²) < 4.78 is 7.04. The fraction of sp³-hybridized carbons (Fsp3) is 0.238. The summed E-state index contributed by atoms with van der Waals surface area (Å²) in [6, 6.07) is 16.2. The summed E-state index contributed by atoms with van der Waals surface area (Å²) in [4.78, 5) is 12.3. The van der Waals surface area contributed by atoms with E-state index >= 15 is 0 Å². The monoisotopic (exact) mass is 334 g/mol. The number of aryl methyl sites for hydroxylation is 2. The molecule has 0 saturated carbocycles. The minimum absolute atomic E-state index is 0.329. The van der Waals surface area contributed by atoms with Crippen molar-refractivity contribution in [3.63, 3.8) is 0 Å². The van der Waals surface area contributed by atoms with Crippen molar-refractivity contribution in [1.82, 2.24) is 9.78 Å². The van der Waals surface area contributed by atoms with E-state index in [-0.39, 0.29) is 5.97 Å². The van der Waals surface area contributed by atoms with Gasteiger partial charge in [-0.25, -0.2) is 9.48 Å².